The van der Waals surface area contributed by atoms with E-state index in [4.69, 9.17) is 5.41 Å². The summed E-state index contributed by atoms with van der Waals surface area (Å²) >= 11 is 0. The maximum atomic E-state index is 13.6. The fourth-order valence-electron chi connectivity index (χ4n) is 1.93. The van der Waals surface area contributed by atoms with Gasteiger partial charge in [0.2, 0.25) is 6.43 Å². The van der Waals surface area contributed by atoms with E-state index in [1.54, 1.807) is 0 Å². The fourth-order valence-corrected chi connectivity index (χ4v) is 1.93. The van der Waals surface area contributed by atoms with E-state index in [0.29, 0.717) is 12.0 Å². The zero-order valence-corrected chi connectivity index (χ0v) is 12.9. The Labute approximate surface area is 133 Å². The van der Waals surface area contributed by atoms with Crippen LogP contribution in [0.5, 0.6) is 0 Å². The highest BCUT2D eigenvalue weighted by molar-refractivity contribution is 6.06. The lowest BCUT2D eigenvalue weighted by atomic mass is 10.1. The van der Waals surface area contributed by atoms with Crippen LogP contribution in [0.2, 0.25) is 0 Å². The molecule has 0 fully saturated rings. The topological polar surface area (TPSA) is 35.9 Å². The van der Waals surface area contributed by atoms with Gasteiger partial charge < -0.3 is 10.7 Å². The smallest absolute Gasteiger partial charge is 0.244 e. The molecule has 0 saturated carbocycles. The second-order valence-electron chi connectivity index (χ2n) is 5.12. The summed E-state index contributed by atoms with van der Waals surface area (Å²) in [6.07, 6.45) is -0.493. The molecule has 126 valence electrons. The summed E-state index contributed by atoms with van der Waals surface area (Å²) in [6.45, 7) is 5.59. The maximum Gasteiger partial charge on any atom is 0.244 e. The normalized spacial score (nSPS) is 11.7. The zero-order chi connectivity index (χ0) is 17.4. The van der Waals surface area contributed by atoms with Gasteiger partial charge in [-0.05, 0) is 24.1 Å². The third-order valence-corrected chi connectivity index (χ3v) is 3.15. The lowest BCUT2D eigenvalue weighted by Gasteiger charge is -2.13. The monoisotopic (exact) mass is 328 g/mol. The van der Waals surface area contributed by atoms with Crippen LogP contribution in [-0.2, 0) is 6.54 Å². The van der Waals surface area contributed by atoms with Crippen LogP contribution in [-0.4, -0.2) is 12.1 Å². The Hall–Kier alpha value is -2.11. The molecule has 0 saturated heterocycles. The molecule has 1 rings (SSSR count). The molecule has 0 heterocycles. The van der Waals surface area contributed by atoms with E-state index in [1.807, 2.05) is 6.92 Å². The predicted octanol–water partition coefficient (Wildman–Crippen LogP) is 4.97. The van der Waals surface area contributed by atoms with Gasteiger partial charge in [-0.15, -0.1) is 0 Å². The van der Waals surface area contributed by atoms with Crippen molar-refractivity contribution in [2.24, 2.45) is 0 Å². The van der Waals surface area contributed by atoms with Crippen molar-refractivity contribution in [2.75, 3.05) is 0 Å². The van der Waals surface area contributed by atoms with Crippen LogP contribution >= 0.6 is 0 Å². The Balaban J connectivity index is 2.82. The van der Waals surface area contributed by atoms with Gasteiger partial charge in [-0.1, -0.05) is 26.0 Å². The minimum Gasteiger partial charge on any atom is -0.384 e. The number of benzene rings is 1. The molecule has 1 aromatic carbocycles. The van der Waals surface area contributed by atoms with Gasteiger partial charge in [-0.3, -0.25) is 0 Å². The molecule has 0 bridgehead atoms. The SMILES string of the molecule is C=C(CCC)C(=N)/C=C(/CC(F)F)NCc1ccc(F)cc1F. The molecule has 0 spiro atoms. The number of halogens is 4. The Kier molecular flexibility index (Phi) is 7.51. The predicted molar refractivity (Wildman–Crippen MR) is 83.7 cm³/mol. The van der Waals surface area contributed by atoms with Gasteiger partial charge >= 0.3 is 0 Å². The standard InChI is InChI=1S/C17H20F4N2/c1-3-4-11(2)16(22)8-14(9-17(20)21)23-10-12-5-6-13(18)7-15(12)19/h5-8,17,22-23H,2-4,9-10H2,1H3/b14-8-,22-16?. The molecule has 0 amide bonds. The molecule has 1 aromatic rings. The number of alkyl halides is 2. The molecule has 2 N–H and O–H groups in total. The van der Waals surface area contributed by atoms with Crippen molar-refractivity contribution in [3.8, 4) is 0 Å². The van der Waals surface area contributed by atoms with E-state index in [2.05, 4.69) is 11.9 Å². The number of hydrogen-bond donors (Lipinski definition) is 2. The van der Waals surface area contributed by atoms with Crippen molar-refractivity contribution in [3.63, 3.8) is 0 Å². The van der Waals surface area contributed by atoms with Gasteiger partial charge in [-0.2, -0.15) is 0 Å². The molecule has 0 atom stereocenters. The van der Waals surface area contributed by atoms with Crippen LogP contribution in [0.4, 0.5) is 17.6 Å². The highest BCUT2D eigenvalue weighted by atomic mass is 19.3. The third kappa shape index (κ3) is 6.67. The fraction of sp³-hybridized carbons (Fsp3) is 0.353. The molecule has 0 radical (unpaired) electrons. The van der Waals surface area contributed by atoms with Crippen molar-refractivity contribution in [1.82, 2.24) is 5.32 Å². The number of allylic oxidation sites excluding steroid dienone is 3. The average Bonchev–Trinajstić information content (AvgIpc) is 2.45. The molecule has 0 aliphatic heterocycles. The Morgan fingerprint density at radius 2 is 2.04 bits per heavy atom. The van der Waals surface area contributed by atoms with Gasteiger partial charge in [0.1, 0.15) is 11.6 Å². The molecule has 23 heavy (non-hydrogen) atoms. The average molecular weight is 328 g/mol. The highest BCUT2D eigenvalue weighted by Gasteiger charge is 2.11. The first-order valence-electron chi connectivity index (χ1n) is 7.26. The van der Waals surface area contributed by atoms with E-state index in [0.717, 1.165) is 18.6 Å². The first-order valence-corrected chi connectivity index (χ1v) is 7.26. The van der Waals surface area contributed by atoms with Crippen LogP contribution in [0.3, 0.4) is 0 Å². The summed E-state index contributed by atoms with van der Waals surface area (Å²) in [5, 5.41) is 10.5. The van der Waals surface area contributed by atoms with Crippen LogP contribution in [0, 0.1) is 17.0 Å². The Bertz CT molecular complexity index is 594. The molecule has 0 aromatic heterocycles. The third-order valence-electron chi connectivity index (χ3n) is 3.15. The number of nitrogens with one attached hydrogen (secondary N) is 2. The van der Waals surface area contributed by atoms with Crippen molar-refractivity contribution < 1.29 is 17.6 Å². The molecule has 0 aliphatic rings. The molecule has 0 unspecified atom stereocenters. The van der Waals surface area contributed by atoms with Crippen LogP contribution in [0.25, 0.3) is 0 Å². The lowest BCUT2D eigenvalue weighted by Crippen LogP contribution is -2.17. The van der Waals surface area contributed by atoms with Crippen molar-refractivity contribution in [1.29, 1.82) is 5.41 Å². The zero-order valence-electron chi connectivity index (χ0n) is 12.9. The van der Waals surface area contributed by atoms with Crippen molar-refractivity contribution >= 4 is 5.71 Å². The van der Waals surface area contributed by atoms with Crippen LogP contribution in [0.1, 0.15) is 31.7 Å². The van der Waals surface area contributed by atoms with Crippen molar-refractivity contribution in [2.45, 2.75) is 39.2 Å². The van der Waals surface area contributed by atoms with Gasteiger partial charge in [0.15, 0.2) is 0 Å². The first-order chi connectivity index (χ1) is 10.8. The van der Waals surface area contributed by atoms with Gasteiger partial charge in [0.05, 0.1) is 5.71 Å². The van der Waals surface area contributed by atoms with E-state index in [-0.39, 0.29) is 23.5 Å². The number of hydrogen-bond acceptors (Lipinski definition) is 2. The quantitative estimate of drug-likeness (QED) is 0.487. The van der Waals surface area contributed by atoms with E-state index >= 15 is 0 Å². The minimum atomic E-state index is -2.60. The summed E-state index contributed by atoms with van der Waals surface area (Å²) in [4.78, 5) is 0. The van der Waals surface area contributed by atoms with Crippen LogP contribution < -0.4 is 5.32 Å². The molecule has 0 aliphatic carbocycles. The Morgan fingerprint density at radius 1 is 1.35 bits per heavy atom. The molecular formula is C17H20F4N2. The molecule has 6 heteroatoms. The largest absolute Gasteiger partial charge is 0.384 e. The summed E-state index contributed by atoms with van der Waals surface area (Å²) in [5.41, 5.74) is 0.889. The first kappa shape index (κ1) is 18.9. The van der Waals surface area contributed by atoms with Crippen molar-refractivity contribution in [3.05, 3.63) is 59.3 Å². The summed E-state index contributed by atoms with van der Waals surface area (Å²) < 4.78 is 51.7. The van der Waals surface area contributed by atoms with Gasteiger partial charge in [0.25, 0.3) is 0 Å². The summed E-state index contributed by atoms with van der Waals surface area (Å²) in [5.74, 6) is -1.45. The van der Waals surface area contributed by atoms with E-state index in [9.17, 15) is 17.6 Å². The van der Waals surface area contributed by atoms with Gasteiger partial charge in [0, 0.05) is 30.3 Å². The Morgan fingerprint density at radius 3 is 2.61 bits per heavy atom. The lowest BCUT2D eigenvalue weighted by molar-refractivity contribution is 0.146. The highest BCUT2D eigenvalue weighted by Crippen LogP contribution is 2.14. The maximum absolute atomic E-state index is 13.6. The van der Waals surface area contributed by atoms with Gasteiger partial charge in [-0.25, -0.2) is 17.6 Å². The van der Waals surface area contributed by atoms with Crippen LogP contribution in [0.15, 0.2) is 42.1 Å². The van der Waals surface area contributed by atoms with E-state index < -0.39 is 24.5 Å². The van der Waals surface area contributed by atoms with E-state index in [1.165, 1.54) is 12.1 Å². The second-order valence-corrected chi connectivity index (χ2v) is 5.12. The second kappa shape index (κ2) is 9.12. The number of rotatable bonds is 9. The summed E-state index contributed by atoms with van der Waals surface area (Å²) in [6, 6.07) is 3.08. The minimum absolute atomic E-state index is 0.0644. The summed E-state index contributed by atoms with van der Waals surface area (Å²) in [7, 11) is 0. The molecule has 2 nitrogen and oxygen atoms in total. The molecular weight excluding hydrogens is 308 g/mol.